The Hall–Kier alpha value is -1.39. The molecule has 1 aromatic carbocycles. The number of benzene rings is 1. The van der Waals surface area contributed by atoms with Crippen LogP contribution in [0.1, 0.15) is 37.8 Å². The maximum atomic E-state index is 11.4. The van der Waals surface area contributed by atoms with Crippen LogP contribution in [0, 0.1) is 0 Å². The topological polar surface area (TPSA) is 58.4 Å². The Morgan fingerprint density at radius 1 is 1.26 bits per heavy atom. The van der Waals surface area contributed by atoms with Gasteiger partial charge < -0.3 is 0 Å². The van der Waals surface area contributed by atoms with Crippen molar-refractivity contribution in [2.24, 2.45) is 5.84 Å². The first-order valence-electron chi connectivity index (χ1n) is 6.99. The summed E-state index contributed by atoms with van der Waals surface area (Å²) in [5.74, 6) is 5.00. The van der Waals surface area contributed by atoms with Crippen LogP contribution in [0.25, 0.3) is 0 Å². The Labute approximate surface area is 115 Å². The molecule has 0 saturated carbocycles. The van der Waals surface area contributed by atoms with Crippen molar-refractivity contribution >= 4 is 5.91 Å². The van der Waals surface area contributed by atoms with E-state index < -0.39 is 0 Å². The van der Waals surface area contributed by atoms with Crippen molar-refractivity contribution in [1.82, 2.24) is 10.3 Å². The van der Waals surface area contributed by atoms with Crippen molar-refractivity contribution < 1.29 is 4.79 Å². The summed E-state index contributed by atoms with van der Waals surface area (Å²) in [5.41, 5.74) is 4.46. The molecule has 0 saturated heterocycles. The van der Waals surface area contributed by atoms with Crippen LogP contribution in [0.15, 0.2) is 24.3 Å². The van der Waals surface area contributed by atoms with E-state index in [1.807, 2.05) is 18.2 Å². The summed E-state index contributed by atoms with van der Waals surface area (Å²) >= 11 is 0. The molecule has 0 spiro atoms. The summed E-state index contributed by atoms with van der Waals surface area (Å²) in [6, 6.07) is 8.07. The minimum Gasteiger partial charge on any atom is -0.299 e. The summed E-state index contributed by atoms with van der Waals surface area (Å²) in [5, 5.41) is 0. The van der Waals surface area contributed by atoms with Crippen molar-refractivity contribution in [2.45, 2.75) is 39.7 Å². The molecule has 3 N–H and O–H groups in total. The van der Waals surface area contributed by atoms with Crippen LogP contribution >= 0.6 is 0 Å². The third kappa shape index (κ3) is 5.41. The molecule has 0 aliphatic rings. The molecule has 0 unspecified atom stereocenters. The largest absolute Gasteiger partial charge is 0.299 e. The van der Waals surface area contributed by atoms with E-state index in [2.05, 4.69) is 30.2 Å². The van der Waals surface area contributed by atoms with Gasteiger partial charge in [0.15, 0.2) is 0 Å². The average Bonchev–Trinajstić information content (AvgIpc) is 2.44. The van der Waals surface area contributed by atoms with E-state index in [-0.39, 0.29) is 5.91 Å². The number of nitrogens with zero attached hydrogens (tertiary/aromatic N) is 1. The fraction of sp³-hybridized carbons (Fsp3) is 0.533. The van der Waals surface area contributed by atoms with Crippen LogP contribution in [-0.4, -0.2) is 23.9 Å². The molecule has 4 nitrogen and oxygen atoms in total. The highest BCUT2D eigenvalue weighted by atomic mass is 16.2. The van der Waals surface area contributed by atoms with Crippen LogP contribution < -0.4 is 11.3 Å². The minimum absolute atomic E-state index is 0.149. The molecule has 0 aliphatic carbocycles. The van der Waals surface area contributed by atoms with E-state index in [1.54, 1.807) is 0 Å². The highest BCUT2D eigenvalue weighted by Gasteiger charge is 2.09. The van der Waals surface area contributed by atoms with E-state index in [1.165, 1.54) is 18.4 Å². The number of nitrogens with one attached hydrogen (secondary N) is 1. The van der Waals surface area contributed by atoms with Crippen LogP contribution in [-0.2, 0) is 17.8 Å². The van der Waals surface area contributed by atoms with Gasteiger partial charge in [-0.05, 0) is 30.6 Å². The monoisotopic (exact) mass is 263 g/mol. The Bertz CT molecular complexity index is 393. The number of carbonyl (C=O) groups excluding carboxylic acids is 1. The van der Waals surface area contributed by atoms with Crippen molar-refractivity contribution in [3.63, 3.8) is 0 Å². The van der Waals surface area contributed by atoms with Crippen molar-refractivity contribution in [1.29, 1.82) is 0 Å². The van der Waals surface area contributed by atoms with E-state index in [4.69, 9.17) is 5.84 Å². The highest BCUT2D eigenvalue weighted by Crippen LogP contribution is 2.13. The van der Waals surface area contributed by atoms with Gasteiger partial charge in [0.2, 0.25) is 5.91 Å². The van der Waals surface area contributed by atoms with Gasteiger partial charge in [-0.15, -0.1) is 0 Å². The second-order valence-corrected chi connectivity index (χ2v) is 4.74. The third-order valence-corrected chi connectivity index (χ3v) is 3.30. The number of hydrogen-bond acceptors (Lipinski definition) is 3. The first kappa shape index (κ1) is 15.7. The van der Waals surface area contributed by atoms with E-state index >= 15 is 0 Å². The molecule has 0 fully saturated rings. The highest BCUT2D eigenvalue weighted by molar-refractivity contribution is 5.78. The quantitative estimate of drug-likeness (QED) is 0.427. The Morgan fingerprint density at radius 2 is 1.95 bits per heavy atom. The van der Waals surface area contributed by atoms with Crippen LogP contribution in [0.4, 0.5) is 0 Å². The Balaban J connectivity index is 2.72. The van der Waals surface area contributed by atoms with Crippen molar-refractivity contribution in [2.75, 3.05) is 13.1 Å². The standard InChI is InChI=1S/C15H25N3O/c1-3-5-10-18(4-2)12-14-9-7-6-8-13(14)11-15(19)17-16/h6-9H,3-5,10-12,16H2,1-2H3,(H,17,19). The van der Waals surface area contributed by atoms with Gasteiger partial charge in [-0.25, -0.2) is 5.84 Å². The second kappa shape index (κ2) is 8.67. The van der Waals surface area contributed by atoms with Gasteiger partial charge in [0, 0.05) is 6.54 Å². The Morgan fingerprint density at radius 3 is 2.53 bits per heavy atom. The van der Waals surface area contributed by atoms with Gasteiger partial charge in [-0.3, -0.25) is 15.1 Å². The number of rotatable bonds is 8. The number of hydrogen-bond donors (Lipinski definition) is 2. The summed E-state index contributed by atoms with van der Waals surface area (Å²) in [6.45, 7) is 7.39. The first-order valence-corrected chi connectivity index (χ1v) is 6.99. The lowest BCUT2D eigenvalue weighted by molar-refractivity contribution is -0.120. The second-order valence-electron chi connectivity index (χ2n) is 4.74. The lowest BCUT2D eigenvalue weighted by atomic mass is 10.0. The zero-order valence-electron chi connectivity index (χ0n) is 12.0. The summed E-state index contributed by atoms with van der Waals surface area (Å²) in [7, 11) is 0. The summed E-state index contributed by atoms with van der Waals surface area (Å²) in [4.78, 5) is 13.8. The number of nitrogens with two attached hydrogens (primary N) is 1. The van der Waals surface area contributed by atoms with E-state index in [9.17, 15) is 4.79 Å². The van der Waals surface area contributed by atoms with Crippen LogP contribution in [0.3, 0.4) is 0 Å². The number of unbranched alkanes of at least 4 members (excludes halogenated alkanes) is 1. The van der Waals surface area contributed by atoms with Crippen molar-refractivity contribution in [3.05, 3.63) is 35.4 Å². The van der Waals surface area contributed by atoms with E-state index in [0.717, 1.165) is 25.2 Å². The maximum absolute atomic E-state index is 11.4. The first-order chi connectivity index (χ1) is 9.21. The molecule has 106 valence electrons. The van der Waals surface area contributed by atoms with Gasteiger partial charge in [-0.2, -0.15) is 0 Å². The van der Waals surface area contributed by atoms with E-state index in [0.29, 0.717) is 6.42 Å². The molecule has 0 bridgehead atoms. The molecule has 19 heavy (non-hydrogen) atoms. The predicted octanol–water partition coefficient (Wildman–Crippen LogP) is 1.84. The molecular formula is C15H25N3O. The molecule has 0 aliphatic heterocycles. The summed E-state index contributed by atoms with van der Waals surface area (Å²) in [6.07, 6.45) is 2.75. The van der Waals surface area contributed by atoms with Gasteiger partial charge >= 0.3 is 0 Å². The number of hydrazine groups is 1. The molecule has 1 amide bonds. The van der Waals surface area contributed by atoms with Crippen LogP contribution in [0.2, 0.25) is 0 Å². The normalized spacial score (nSPS) is 10.7. The Kier molecular flexibility index (Phi) is 7.15. The zero-order chi connectivity index (χ0) is 14.1. The lowest BCUT2D eigenvalue weighted by Crippen LogP contribution is -2.32. The molecule has 0 aromatic heterocycles. The maximum Gasteiger partial charge on any atom is 0.238 e. The number of amides is 1. The number of carbonyl (C=O) groups is 1. The molecule has 0 atom stereocenters. The fourth-order valence-corrected chi connectivity index (χ4v) is 2.08. The van der Waals surface area contributed by atoms with Gasteiger partial charge in [0.25, 0.3) is 0 Å². The molecule has 1 rings (SSSR count). The summed E-state index contributed by atoms with van der Waals surface area (Å²) < 4.78 is 0. The lowest BCUT2D eigenvalue weighted by Gasteiger charge is -2.21. The SMILES string of the molecule is CCCCN(CC)Cc1ccccc1CC(=O)NN. The predicted molar refractivity (Wildman–Crippen MR) is 78.3 cm³/mol. The van der Waals surface area contributed by atoms with Gasteiger partial charge in [0.05, 0.1) is 6.42 Å². The molecule has 0 heterocycles. The molecule has 1 aromatic rings. The minimum atomic E-state index is -0.149. The van der Waals surface area contributed by atoms with Crippen molar-refractivity contribution in [3.8, 4) is 0 Å². The van der Waals surface area contributed by atoms with Gasteiger partial charge in [0.1, 0.15) is 0 Å². The van der Waals surface area contributed by atoms with Crippen LogP contribution in [0.5, 0.6) is 0 Å². The average molecular weight is 263 g/mol. The molecule has 4 heteroatoms. The molecule has 0 radical (unpaired) electrons. The van der Waals surface area contributed by atoms with Gasteiger partial charge in [-0.1, -0.05) is 44.5 Å². The third-order valence-electron chi connectivity index (χ3n) is 3.30. The molecular weight excluding hydrogens is 238 g/mol. The zero-order valence-corrected chi connectivity index (χ0v) is 12.0. The smallest absolute Gasteiger partial charge is 0.238 e. The fourth-order valence-electron chi connectivity index (χ4n) is 2.08.